The van der Waals surface area contributed by atoms with Crippen LogP contribution >= 0.6 is 11.6 Å². The van der Waals surface area contributed by atoms with Crippen LogP contribution in [0.4, 0.5) is 10.2 Å². The molecule has 2 aliphatic heterocycles. The monoisotopic (exact) mass is 548 g/mol. The molecule has 4 aromatic rings. The molecule has 1 N–H and O–H groups in total. The number of hydrogen-bond donors (Lipinski definition) is 1. The predicted octanol–water partition coefficient (Wildman–Crippen LogP) is 4.14. The SMILES string of the molecule is C[C@@H]1CN(C(=O)[C@@H]2CN(c3ccc4nccn4n3)C[C@H]2c2ccc(Cl)cn2)C[C@H](C)C1(O)c1ccc(F)cc1. The standard InChI is InChI=1S/C29H30ClFN6O2/c1-18-14-36(15-19(2)29(18,39)20-3-6-22(31)7-4-20)28(38)24-17-35(16-23(24)25-8-5-21(30)13-33-25)27-10-9-26-32-11-12-37(26)34-27/h3-13,18-19,23-24,39H,14-17H2,1-2H3/t18-,19+,23-,24-,29?/m1/s1. The van der Waals surface area contributed by atoms with Crippen molar-refractivity contribution < 1.29 is 14.3 Å². The second-order valence-electron chi connectivity index (χ2n) is 10.8. The second-order valence-corrected chi connectivity index (χ2v) is 11.3. The van der Waals surface area contributed by atoms with E-state index in [1.807, 2.05) is 36.9 Å². The van der Waals surface area contributed by atoms with E-state index in [4.69, 9.17) is 16.7 Å². The maximum atomic E-state index is 14.2. The number of pyridine rings is 1. The summed E-state index contributed by atoms with van der Waals surface area (Å²) in [6.45, 7) is 5.76. The highest BCUT2D eigenvalue weighted by Crippen LogP contribution is 2.43. The van der Waals surface area contributed by atoms with E-state index in [2.05, 4.69) is 14.9 Å². The van der Waals surface area contributed by atoms with E-state index >= 15 is 0 Å². The summed E-state index contributed by atoms with van der Waals surface area (Å²) in [5.41, 5.74) is 1.08. The largest absolute Gasteiger partial charge is 0.384 e. The molecule has 5 atom stereocenters. The summed E-state index contributed by atoms with van der Waals surface area (Å²) in [6.07, 6.45) is 5.12. The highest BCUT2D eigenvalue weighted by atomic mass is 35.5. The zero-order chi connectivity index (χ0) is 27.3. The first-order chi connectivity index (χ1) is 18.7. The zero-order valence-electron chi connectivity index (χ0n) is 21.8. The van der Waals surface area contributed by atoms with Gasteiger partial charge in [0.2, 0.25) is 5.91 Å². The van der Waals surface area contributed by atoms with Crippen molar-refractivity contribution in [3.63, 3.8) is 0 Å². The summed E-state index contributed by atoms with van der Waals surface area (Å²) in [6, 6.07) is 13.6. The molecule has 1 unspecified atom stereocenters. The fraction of sp³-hybridized carbons (Fsp3) is 0.379. The molecule has 3 aromatic heterocycles. The number of benzene rings is 1. The minimum Gasteiger partial charge on any atom is -0.384 e. The highest BCUT2D eigenvalue weighted by Gasteiger charge is 2.49. The zero-order valence-corrected chi connectivity index (χ0v) is 22.5. The number of likely N-dealkylation sites (tertiary alicyclic amines) is 1. The molecule has 2 aliphatic rings. The van der Waals surface area contributed by atoms with Gasteiger partial charge in [-0.15, -0.1) is 5.10 Å². The van der Waals surface area contributed by atoms with Gasteiger partial charge in [0.15, 0.2) is 5.65 Å². The van der Waals surface area contributed by atoms with Gasteiger partial charge in [-0.05, 0) is 42.0 Å². The topological polar surface area (TPSA) is 86.9 Å². The summed E-state index contributed by atoms with van der Waals surface area (Å²) >= 11 is 6.12. The Hall–Kier alpha value is -3.56. The summed E-state index contributed by atoms with van der Waals surface area (Å²) in [7, 11) is 0. The van der Waals surface area contributed by atoms with Crippen LogP contribution in [0.3, 0.4) is 0 Å². The summed E-state index contributed by atoms with van der Waals surface area (Å²) in [5, 5.41) is 17.0. The number of fused-ring (bicyclic) bond motifs is 1. The maximum Gasteiger partial charge on any atom is 0.228 e. The lowest BCUT2D eigenvalue weighted by molar-refractivity contribution is -0.152. The van der Waals surface area contributed by atoms with E-state index in [1.165, 1.54) is 12.1 Å². The average Bonchev–Trinajstić information content (AvgIpc) is 3.59. The first-order valence-electron chi connectivity index (χ1n) is 13.2. The van der Waals surface area contributed by atoms with Crippen molar-refractivity contribution in [2.24, 2.45) is 17.8 Å². The minimum atomic E-state index is -1.16. The van der Waals surface area contributed by atoms with Gasteiger partial charge in [0.25, 0.3) is 0 Å². The number of aliphatic hydroxyl groups is 1. The number of halogens is 2. The molecular formula is C29H30ClFN6O2. The van der Waals surface area contributed by atoms with Gasteiger partial charge >= 0.3 is 0 Å². The van der Waals surface area contributed by atoms with Gasteiger partial charge < -0.3 is 14.9 Å². The Morgan fingerprint density at radius 1 is 1.00 bits per heavy atom. The number of aromatic nitrogens is 4. The number of hydrogen-bond acceptors (Lipinski definition) is 6. The lowest BCUT2D eigenvalue weighted by Crippen LogP contribution is -2.57. The summed E-state index contributed by atoms with van der Waals surface area (Å²) in [5.74, 6) is -0.543. The van der Waals surface area contributed by atoms with Crippen LogP contribution in [-0.4, -0.2) is 61.7 Å². The Bertz CT molecular complexity index is 1480. The van der Waals surface area contributed by atoms with Gasteiger partial charge in [-0.2, -0.15) is 0 Å². The van der Waals surface area contributed by atoms with Crippen molar-refractivity contribution in [1.29, 1.82) is 0 Å². The molecule has 0 spiro atoms. The van der Waals surface area contributed by atoms with Gasteiger partial charge in [0, 0.05) is 68.2 Å². The van der Waals surface area contributed by atoms with Gasteiger partial charge in [0.1, 0.15) is 11.6 Å². The van der Waals surface area contributed by atoms with Crippen molar-refractivity contribution in [2.75, 3.05) is 31.1 Å². The average molecular weight is 549 g/mol. The van der Waals surface area contributed by atoms with Crippen LogP contribution in [0.15, 0.2) is 67.1 Å². The Kier molecular flexibility index (Phi) is 6.51. The normalized spacial score (nSPS) is 27.3. The summed E-state index contributed by atoms with van der Waals surface area (Å²) < 4.78 is 15.3. The predicted molar refractivity (Wildman–Crippen MR) is 146 cm³/mol. The van der Waals surface area contributed by atoms with E-state index in [0.717, 1.165) is 17.2 Å². The second kappa shape index (κ2) is 9.88. The Labute approximate surface area is 231 Å². The van der Waals surface area contributed by atoms with Crippen molar-refractivity contribution in [2.45, 2.75) is 25.4 Å². The van der Waals surface area contributed by atoms with Crippen LogP contribution in [-0.2, 0) is 10.4 Å². The molecule has 8 nitrogen and oxygen atoms in total. The highest BCUT2D eigenvalue weighted by molar-refractivity contribution is 6.30. The third-order valence-corrected chi connectivity index (χ3v) is 8.67. The van der Waals surface area contributed by atoms with Crippen LogP contribution in [0, 0.1) is 23.6 Å². The number of nitrogens with zero attached hydrogens (tertiary/aromatic N) is 6. The van der Waals surface area contributed by atoms with Crippen LogP contribution in [0.25, 0.3) is 5.65 Å². The molecule has 5 heterocycles. The first kappa shape index (κ1) is 25.7. The number of carbonyl (C=O) groups is 1. The number of amides is 1. The van der Waals surface area contributed by atoms with E-state index in [-0.39, 0.29) is 35.4 Å². The van der Waals surface area contributed by atoms with Crippen molar-refractivity contribution in [1.82, 2.24) is 24.5 Å². The number of rotatable bonds is 4. The van der Waals surface area contributed by atoms with Crippen molar-refractivity contribution in [3.8, 4) is 0 Å². The lowest BCUT2D eigenvalue weighted by atomic mass is 9.70. The van der Waals surface area contributed by atoms with Crippen molar-refractivity contribution >= 4 is 29.0 Å². The molecule has 202 valence electrons. The molecule has 0 saturated carbocycles. The smallest absolute Gasteiger partial charge is 0.228 e. The molecule has 2 saturated heterocycles. The Morgan fingerprint density at radius 2 is 1.74 bits per heavy atom. The quantitative estimate of drug-likeness (QED) is 0.412. The number of anilines is 1. The van der Waals surface area contributed by atoms with E-state index < -0.39 is 5.60 Å². The van der Waals surface area contributed by atoms with Crippen LogP contribution in [0.2, 0.25) is 5.02 Å². The Balaban J connectivity index is 1.28. The lowest BCUT2D eigenvalue weighted by Gasteiger charge is -2.48. The third kappa shape index (κ3) is 4.53. The van der Waals surface area contributed by atoms with E-state index in [9.17, 15) is 14.3 Å². The van der Waals surface area contributed by atoms with Crippen molar-refractivity contribution in [3.05, 3.63) is 89.2 Å². The fourth-order valence-electron chi connectivity index (χ4n) is 6.32. The minimum absolute atomic E-state index is 0.0304. The van der Waals surface area contributed by atoms with Crippen LogP contribution < -0.4 is 4.90 Å². The molecular weight excluding hydrogens is 519 g/mol. The van der Waals surface area contributed by atoms with Crippen LogP contribution in [0.5, 0.6) is 0 Å². The first-order valence-corrected chi connectivity index (χ1v) is 13.6. The van der Waals surface area contributed by atoms with Gasteiger partial charge in [-0.3, -0.25) is 9.78 Å². The third-order valence-electron chi connectivity index (χ3n) is 8.44. The number of piperidine rings is 1. The molecule has 0 aliphatic carbocycles. The van der Waals surface area contributed by atoms with Crippen LogP contribution in [0.1, 0.15) is 31.0 Å². The Morgan fingerprint density at radius 3 is 2.44 bits per heavy atom. The number of carbonyl (C=O) groups excluding carboxylic acids is 1. The van der Waals surface area contributed by atoms with E-state index in [1.54, 1.807) is 41.3 Å². The van der Waals surface area contributed by atoms with Gasteiger partial charge in [0.05, 0.1) is 16.5 Å². The molecule has 1 amide bonds. The van der Waals surface area contributed by atoms with E-state index in [0.29, 0.717) is 36.8 Å². The maximum absolute atomic E-state index is 14.2. The molecule has 1 aromatic carbocycles. The van der Waals surface area contributed by atoms with Gasteiger partial charge in [-0.25, -0.2) is 13.9 Å². The molecule has 10 heteroatoms. The number of imidazole rings is 1. The fourth-order valence-corrected chi connectivity index (χ4v) is 6.43. The molecule has 39 heavy (non-hydrogen) atoms. The van der Waals surface area contributed by atoms with Gasteiger partial charge in [-0.1, -0.05) is 37.6 Å². The molecule has 0 bridgehead atoms. The summed E-state index contributed by atoms with van der Waals surface area (Å²) in [4.78, 5) is 27.0. The molecule has 0 radical (unpaired) electrons. The molecule has 6 rings (SSSR count). The molecule has 2 fully saturated rings.